The molecule has 0 bridgehead atoms. The Hall–Kier alpha value is -1.37. The van der Waals surface area contributed by atoms with E-state index in [-0.39, 0.29) is 0 Å². The fraction of sp³-hybridized carbons (Fsp3) is 0.357. The van der Waals surface area contributed by atoms with Gasteiger partial charge in [-0.2, -0.15) is 5.10 Å². The van der Waals surface area contributed by atoms with Crippen molar-refractivity contribution in [2.75, 3.05) is 6.54 Å². The second-order valence-electron chi connectivity index (χ2n) is 4.67. The quantitative estimate of drug-likeness (QED) is 0.794. The number of aryl methyl sites for hydroxylation is 2. The fourth-order valence-electron chi connectivity index (χ4n) is 1.90. The molecule has 21 heavy (non-hydrogen) atoms. The SMILES string of the molecule is CCc1ccc(S(=O)(=O)NCCCn2cc(Cl)cn2)cc1. The van der Waals surface area contributed by atoms with E-state index in [1.807, 2.05) is 19.1 Å². The number of rotatable bonds is 7. The van der Waals surface area contributed by atoms with Crippen molar-refractivity contribution in [3.8, 4) is 0 Å². The molecule has 0 aliphatic heterocycles. The molecule has 5 nitrogen and oxygen atoms in total. The highest BCUT2D eigenvalue weighted by Gasteiger charge is 2.12. The Bertz CT molecular complexity index is 680. The molecule has 0 atom stereocenters. The van der Waals surface area contributed by atoms with Crippen LogP contribution in [-0.4, -0.2) is 24.7 Å². The maximum Gasteiger partial charge on any atom is 0.240 e. The van der Waals surface area contributed by atoms with Crippen LogP contribution in [0.4, 0.5) is 0 Å². The van der Waals surface area contributed by atoms with E-state index in [0.29, 0.717) is 29.4 Å². The van der Waals surface area contributed by atoms with E-state index in [9.17, 15) is 8.42 Å². The van der Waals surface area contributed by atoms with Crippen LogP contribution in [0.3, 0.4) is 0 Å². The standard InChI is InChI=1S/C14H18ClN3O2S/c1-2-12-4-6-14(7-5-12)21(19,20)17-8-3-9-18-11-13(15)10-16-18/h4-7,10-11,17H,2-3,8-9H2,1H3. The Morgan fingerprint density at radius 2 is 2.00 bits per heavy atom. The van der Waals surface area contributed by atoms with Crippen LogP contribution in [0.1, 0.15) is 18.9 Å². The maximum absolute atomic E-state index is 12.1. The third-order valence-corrected chi connectivity index (χ3v) is 4.77. The second-order valence-corrected chi connectivity index (χ2v) is 6.87. The molecule has 114 valence electrons. The van der Waals surface area contributed by atoms with Crippen LogP contribution < -0.4 is 4.72 Å². The summed E-state index contributed by atoms with van der Waals surface area (Å²) in [5, 5.41) is 4.61. The van der Waals surface area contributed by atoms with Gasteiger partial charge in [0.15, 0.2) is 0 Å². The minimum atomic E-state index is -3.44. The molecule has 2 aromatic rings. The van der Waals surface area contributed by atoms with Gasteiger partial charge in [0.25, 0.3) is 0 Å². The summed E-state index contributed by atoms with van der Waals surface area (Å²) in [6, 6.07) is 6.93. The molecule has 0 fully saturated rings. The number of sulfonamides is 1. The van der Waals surface area contributed by atoms with Gasteiger partial charge in [-0.3, -0.25) is 4.68 Å². The maximum atomic E-state index is 12.1. The topological polar surface area (TPSA) is 64.0 Å². The molecule has 1 N–H and O–H groups in total. The molecule has 0 amide bonds. The zero-order valence-corrected chi connectivity index (χ0v) is 13.4. The number of nitrogens with zero attached hydrogens (tertiary/aromatic N) is 2. The molecule has 0 spiro atoms. The summed E-state index contributed by atoms with van der Waals surface area (Å²) in [7, 11) is -3.44. The lowest BCUT2D eigenvalue weighted by atomic mass is 10.2. The lowest BCUT2D eigenvalue weighted by Crippen LogP contribution is -2.25. The number of hydrogen-bond acceptors (Lipinski definition) is 3. The lowest BCUT2D eigenvalue weighted by Gasteiger charge is -2.07. The van der Waals surface area contributed by atoms with Gasteiger partial charge in [-0.15, -0.1) is 0 Å². The molecule has 0 aliphatic carbocycles. The molecule has 1 aromatic carbocycles. The minimum Gasteiger partial charge on any atom is -0.271 e. The Morgan fingerprint density at radius 1 is 1.29 bits per heavy atom. The number of aromatic nitrogens is 2. The van der Waals surface area contributed by atoms with E-state index in [1.165, 1.54) is 0 Å². The van der Waals surface area contributed by atoms with Crippen LogP contribution in [0, 0.1) is 0 Å². The van der Waals surface area contributed by atoms with Crippen molar-refractivity contribution in [2.24, 2.45) is 0 Å². The highest BCUT2D eigenvalue weighted by atomic mass is 35.5. The van der Waals surface area contributed by atoms with Crippen molar-refractivity contribution < 1.29 is 8.42 Å². The number of benzene rings is 1. The molecule has 0 saturated carbocycles. The highest BCUT2D eigenvalue weighted by molar-refractivity contribution is 7.89. The average Bonchev–Trinajstić information content (AvgIpc) is 2.89. The molecule has 1 aromatic heterocycles. The number of nitrogens with one attached hydrogen (secondary N) is 1. The van der Waals surface area contributed by atoms with Crippen LogP contribution in [0.15, 0.2) is 41.6 Å². The second kappa shape index (κ2) is 7.06. The molecule has 1 heterocycles. The summed E-state index contributed by atoms with van der Waals surface area (Å²) in [5.41, 5.74) is 1.12. The molecular weight excluding hydrogens is 310 g/mol. The van der Waals surface area contributed by atoms with Crippen molar-refractivity contribution in [1.29, 1.82) is 0 Å². The molecule has 7 heteroatoms. The summed E-state index contributed by atoms with van der Waals surface area (Å²) >= 11 is 5.76. The predicted octanol–water partition coefficient (Wildman–Crippen LogP) is 2.47. The molecule has 0 aliphatic rings. The Kier molecular flexibility index (Phi) is 5.39. The molecule has 2 rings (SSSR count). The summed E-state index contributed by atoms with van der Waals surface area (Å²) < 4.78 is 28.5. The first-order valence-electron chi connectivity index (χ1n) is 6.78. The largest absolute Gasteiger partial charge is 0.271 e. The Morgan fingerprint density at radius 3 is 2.57 bits per heavy atom. The first kappa shape index (κ1) is 16.0. The van der Waals surface area contributed by atoms with Gasteiger partial charge in [0, 0.05) is 19.3 Å². The van der Waals surface area contributed by atoms with E-state index in [4.69, 9.17) is 11.6 Å². The van der Waals surface area contributed by atoms with Crippen LogP contribution in [0.2, 0.25) is 5.02 Å². The van der Waals surface area contributed by atoms with Gasteiger partial charge in [-0.05, 0) is 30.5 Å². The van der Waals surface area contributed by atoms with Gasteiger partial charge in [-0.1, -0.05) is 30.7 Å². The summed E-state index contributed by atoms with van der Waals surface area (Å²) in [6.07, 6.45) is 4.80. The van der Waals surface area contributed by atoms with Crippen LogP contribution >= 0.6 is 11.6 Å². The van der Waals surface area contributed by atoms with Gasteiger partial charge in [-0.25, -0.2) is 13.1 Å². The number of halogens is 1. The molecular formula is C14H18ClN3O2S. The van der Waals surface area contributed by atoms with Gasteiger partial charge >= 0.3 is 0 Å². The van der Waals surface area contributed by atoms with Crippen molar-refractivity contribution in [2.45, 2.75) is 31.2 Å². The average molecular weight is 328 g/mol. The van der Waals surface area contributed by atoms with Crippen LogP contribution in [-0.2, 0) is 23.0 Å². The zero-order chi connectivity index (χ0) is 15.3. The van der Waals surface area contributed by atoms with E-state index in [1.54, 1.807) is 29.2 Å². The van der Waals surface area contributed by atoms with Crippen LogP contribution in [0.25, 0.3) is 0 Å². The monoisotopic (exact) mass is 327 g/mol. The minimum absolute atomic E-state index is 0.293. The first-order chi connectivity index (χ1) is 10.0. The van der Waals surface area contributed by atoms with Crippen molar-refractivity contribution in [3.05, 3.63) is 47.2 Å². The Balaban J connectivity index is 1.85. The third-order valence-electron chi connectivity index (χ3n) is 3.10. The van der Waals surface area contributed by atoms with E-state index < -0.39 is 10.0 Å². The van der Waals surface area contributed by atoms with E-state index in [2.05, 4.69) is 9.82 Å². The van der Waals surface area contributed by atoms with Crippen molar-refractivity contribution >= 4 is 21.6 Å². The number of hydrogen-bond donors (Lipinski definition) is 1. The van der Waals surface area contributed by atoms with E-state index in [0.717, 1.165) is 12.0 Å². The normalized spacial score (nSPS) is 11.7. The molecule has 0 saturated heterocycles. The first-order valence-corrected chi connectivity index (χ1v) is 8.64. The van der Waals surface area contributed by atoms with Gasteiger partial charge in [0.05, 0.1) is 16.1 Å². The summed E-state index contributed by atoms with van der Waals surface area (Å²) in [5.74, 6) is 0. The fourth-order valence-corrected chi connectivity index (χ4v) is 3.13. The smallest absolute Gasteiger partial charge is 0.240 e. The summed E-state index contributed by atoms with van der Waals surface area (Å²) in [4.78, 5) is 0.293. The Labute approximate surface area is 130 Å². The lowest BCUT2D eigenvalue weighted by molar-refractivity contribution is 0.553. The van der Waals surface area contributed by atoms with Crippen LogP contribution in [0.5, 0.6) is 0 Å². The van der Waals surface area contributed by atoms with Gasteiger partial charge < -0.3 is 0 Å². The van der Waals surface area contributed by atoms with Crippen molar-refractivity contribution in [1.82, 2.24) is 14.5 Å². The van der Waals surface area contributed by atoms with E-state index >= 15 is 0 Å². The zero-order valence-electron chi connectivity index (χ0n) is 11.8. The predicted molar refractivity (Wildman–Crippen MR) is 82.9 cm³/mol. The van der Waals surface area contributed by atoms with Gasteiger partial charge in [0.2, 0.25) is 10.0 Å². The van der Waals surface area contributed by atoms with Crippen molar-refractivity contribution in [3.63, 3.8) is 0 Å². The van der Waals surface area contributed by atoms with Gasteiger partial charge in [0.1, 0.15) is 0 Å². The molecule has 0 unspecified atom stereocenters. The summed E-state index contributed by atoms with van der Waals surface area (Å²) in [6.45, 7) is 3.00. The highest BCUT2D eigenvalue weighted by Crippen LogP contribution is 2.11. The third kappa shape index (κ3) is 4.56. The molecule has 0 radical (unpaired) electrons.